The van der Waals surface area contributed by atoms with Crippen LogP contribution in [0.25, 0.3) is 11.4 Å². The van der Waals surface area contributed by atoms with Crippen LogP contribution in [0.4, 0.5) is 0 Å². The highest BCUT2D eigenvalue weighted by Gasteiger charge is 2.25. The van der Waals surface area contributed by atoms with Gasteiger partial charge in [-0.1, -0.05) is 113 Å². The maximum Gasteiger partial charge on any atom is 0.249 e. The van der Waals surface area contributed by atoms with Crippen molar-refractivity contribution in [3.63, 3.8) is 0 Å². The van der Waals surface area contributed by atoms with E-state index in [2.05, 4.69) is 190 Å². The zero-order valence-corrected chi connectivity index (χ0v) is 36.8. The molecule has 6 heteroatoms. The Morgan fingerprint density at radius 1 is 0.453 bits per heavy atom. The smallest absolute Gasteiger partial charge is 0.249 e. The molecule has 0 atom stereocenters. The Morgan fingerprint density at radius 3 is 1.02 bits per heavy atom. The highest BCUT2D eigenvalue weighted by atomic mass is 35.5. The monoisotopic (exact) mass is 756 g/mol. The van der Waals surface area contributed by atoms with Gasteiger partial charge in [0.15, 0.2) is 0 Å². The molecule has 2 heterocycles. The normalized spacial score (nSPS) is 11.8. The fraction of sp³-hybridized carbons (Fsp3) is 0.489. The fourth-order valence-corrected chi connectivity index (χ4v) is 7.80. The number of benzene rings is 3. The number of halogens is 2. The van der Waals surface area contributed by atoms with Gasteiger partial charge in [-0.25, -0.2) is 18.3 Å². The lowest BCUT2D eigenvalue weighted by atomic mass is 9.87. The first-order chi connectivity index (χ1) is 24.0. The topological polar surface area (TPSA) is 17.6 Å². The van der Waals surface area contributed by atoms with E-state index in [4.69, 9.17) is 0 Å². The van der Waals surface area contributed by atoms with Crippen molar-refractivity contribution in [3.8, 4) is 11.4 Å². The van der Waals surface area contributed by atoms with Gasteiger partial charge in [0, 0.05) is 22.3 Å². The van der Waals surface area contributed by atoms with E-state index in [1.54, 1.807) is 0 Å². The molecule has 0 saturated heterocycles. The number of hydrogen-bond donors (Lipinski definition) is 0. The van der Waals surface area contributed by atoms with Crippen LogP contribution in [0, 0.1) is 20.8 Å². The second kappa shape index (κ2) is 17.9. The largest absolute Gasteiger partial charge is 1.00 e. The van der Waals surface area contributed by atoms with E-state index in [1.807, 2.05) is 0 Å². The lowest BCUT2D eigenvalue weighted by Crippen LogP contribution is -3.00. The Morgan fingerprint density at radius 2 is 0.755 bits per heavy atom. The minimum Gasteiger partial charge on any atom is -1.00 e. The third kappa shape index (κ3) is 9.31. The number of imidazole rings is 2. The third-order valence-corrected chi connectivity index (χ3v) is 11.1. The van der Waals surface area contributed by atoms with E-state index in [-0.39, 0.29) is 24.8 Å². The van der Waals surface area contributed by atoms with Crippen molar-refractivity contribution in [2.24, 2.45) is 0 Å². The zero-order chi connectivity index (χ0) is 37.5. The van der Waals surface area contributed by atoms with Crippen LogP contribution >= 0.6 is 0 Å². The van der Waals surface area contributed by atoms with Crippen molar-refractivity contribution in [1.29, 1.82) is 0 Å². The van der Waals surface area contributed by atoms with E-state index in [9.17, 15) is 0 Å². The van der Waals surface area contributed by atoms with Crippen molar-refractivity contribution < 1.29 is 33.9 Å². The van der Waals surface area contributed by atoms with Crippen molar-refractivity contribution in [2.45, 2.75) is 152 Å². The molecule has 3 aromatic carbocycles. The van der Waals surface area contributed by atoms with Gasteiger partial charge in [0.2, 0.25) is 12.7 Å². The highest BCUT2D eigenvalue weighted by Crippen LogP contribution is 2.36. The van der Waals surface area contributed by atoms with Crippen molar-refractivity contribution in [1.82, 2.24) is 9.13 Å². The molecule has 5 rings (SSSR count). The maximum absolute atomic E-state index is 2.44. The zero-order valence-electron chi connectivity index (χ0n) is 35.3. The lowest BCUT2D eigenvalue weighted by Gasteiger charge is -2.20. The second-order valence-corrected chi connectivity index (χ2v) is 17.1. The Hall–Kier alpha value is -3.34. The standard InChI is InChI=1S/C47H66N4.2ClH/c1-29(2)38-21-40(31(5)6)46(41(22-38)32(7)8)50-18-16-48(27-50)25-44-35(13)20-36(14)45(37(44)15)26-49-17-19-51(28-49)47-42(33(9)10)23-39(30(3)4)24-43(47)34(11)12;;/h16-24,27-34H,25-26H2,1-15H3;2*1H/q+2;;/p-2. The second-order valence-electron chi connectivity index (χ2n) is 17.1. The van der Waals surface area contributed by atoms with Crippen LogP contribution < -0.4 is 33.9 Å². The summed E-state index contributed by atoms with van der Waals surface area (Å²) in [7, 11) is 0. The Kier molecular flexibility index (Phi) is 14.9. The summed E-state index contributed by atoms with van der Waals surface area (Å²) in [6, 6.07) is 12.2. The molecule has 5 aromatic rings. The summed E-state index contributed by atoms with van der Waals surface area (Å²) in [6.45, 7) is 36.4. The SMILES string of the molecule is Cc1cc(C)c(C[n+]2ccn(-c3c(C(C)C)cc(C(C)C)cc3C(C)C)c2)c(C)c1C[n+]1ccn(-c2c(C(C)C)cc(C(C)C)cc2C(C)C)c1.[Cl-].[Cl-]. The summed E-state index contributed by atoms with van der Waals surface area (Å²) < 4.78 is 9.48. The summed E-state index contributed by atoms with van der Waals surface area (Å²) in [5, 5.41) is 0. The van der Waals surface area contributed by atoms with Gasteiger partial charge < -0.3 is 24.8 Å². The van der Waals surface area contributed by atoms with Crippen LogP contribution in [0.5, 0.6) is 0 Å². The molecule has 0 saturated carbocycles. The van der Waals surface area contributed by atoms with E-state index in [0.29, 0.717) is 35.5 Å². The summed E-state index contributed by atoms with van der Waals surface area (Å²) in [6.07, 6.45) is 13.6. The molecule has 53 heavy (non-hydrogen) atoms. The first kappa shape index (κ1) is 44.1. The predicted molar refractivity (Wildman–Crippen MR) is 215 cm³/mol. The lowest BCUT2D eigenvalue weighted by molar-refractivity contribution is -0.688. The first-order valence-electron chi connectivity index (χ1n) is 19.6. The van der Waals surface area contributed by atoms with Crippen LogP contribution in [-0.4, -0.2) is 9.13 Å². The Labute approximate surface area is 334 Å². The molecule has 0 amide bonds. The molecule has 0 aliphatic carbocycles. The predicted octanol–water partition coefficient (Wildman–Crippen LogP) is 5.61. The molecule has 4 nitrogen and oxygen atoms in total. The molecule has 0 spiro atoms. The highest BCUT2D eigenvalue weighted by molar-refractivity contribution is 5.55. The Bertz CT molecular complexity index is 1810. The third-order valence-electron chi connectivity index (χ3n) is 11.1. The van der Waals surface area contributed by atoms with Gasteiger partial charge in [0.05, 0.1) is 0 Å². The summed E-state index contributed by atoms with van der Waals surface area (Å²) in [5.41, 5.74) is 18.2. The molecule has 288 valence electrons. The van der Waals surface area contributed by atoms with Gasteiger partial charge in [-0.3, -0.25) is 0 Å². The molecule has 0 unspecified atom stereocenters. The van der Waals surface area contributed by atoms with Crippen LogP contribution in [0.15, 0.2) is 67.8 Å². The maximum atomic E-state index is 2.44. The van der Waals surface area contributed by atoms with E-state index < -0.39 is 0 Å². The number of rotatable bonds is 12. The molecular weight excluding hydrogens is 691 g/mol. The van der Waals surface area contributed by atoms with Gasteiger partial charge in [-0.15, -0.1) is 0 Å². The van der Waals surface area contributed by atoms with Gasteiger partial charge in [0.25, 0.3) is 0 Å². The number of aryl methyl sites for hydroxylation is 2. The van der Waals surface area contributed by atoms with Crippen molar-refractivity contribution >= 4 is 0 Å². The van der Waals surface area contributed by atoms with E-state index in [0.717, 1.165) is 13.1 Å². The Balaban J connectivity index is 0.00000378. The molecule has 0 bridgehead atoms. The first-order valence-corrected chi connectivity index (χ1v) is 19.6. The van der Waals surface area contributed by atoms with Crippen molar-refractivity contribution in [3.05, 3.63) is 129 Å². The van der Waals surface area contributed by atoms with E-state index in [1.165, 1.54) is 72.6 Å². The van der Waals surface area contributed by atoms with Crippen LogP contribution in [0.2, 0.25) is 0 Å². The molecule has 0 fully saturated rings. The molecule has 2 aromatic heterocycles. The number of nitrogens with zero attached hydrogens (tertiary/aromatic N) is 4. The van der Waals surface area contributed by atoms with Gasteiger partial charge in [0.1, 0.15) is 49.3 Å². The molecular formula is C47H66Cl2N4. The van der Waals surface area contributed by atoms with Gasteiger partial charge in [-0.05, 0) is 95.2 Å². The molecule has 0 aliphatic rings. The summed E-state index contributed by atoms with van der Waals surface area (Å²) in [5.74, 6) is 2.78. The van der Waals surface area contributed by atoms with Crippen LogP contribution in [0.3, 0.4) is 0 Å². The number of hydrogen-bond acceptors (Lipinski definition) is 0. The summed E-state index contributed by atoms with van der Waals surface area (Å²) >= 11 is 0. The molecule has 0 radical (unpaired) electrons. The van der Waals surface area contributed by atoms with Gasteiger partial charge >= 0.3 is 0 Å². The average Bonchev–Trinajstić information content (AvgIpc) is 3.73. The number of aromatic nitrogens is 4. The fourth-order valence-electron chi connectivity index (χ4n) is 7.80. The van der Waals surface area contributed by atoms with Crippen LogP contribution in [0.1, 0.15) is 180 Å². The van der Waals surface area contributed by atoms with Crippen molar-refractivity contribution in [2.75, 3.05) is 0 Å². The summed E-state index contributed by atoms with van der Waals surface area (Å²) in [4.78, 5) is 0. The van der Waals surface area contributed by atoms with Gasteiger partial charge in [-0.2, -0.15) is 0 Å². The average molecular weight is 758 g/mol. The van der Waals surface area contributed by atoms with E-state index >= 15 is 0 Å². The quantitative estimate of drug-likeness (QED) is 0.148. The molecule has 0 N–H and O–H groups in total. The molecule has 0 aliphatic heterocycles. The minimum atomic E-state index is 0. The van der Waals surface area contributed by atoms with Crippen LogP contribution in [-0.2, 0) is 13.1 Å². The minimum absolute atomic E-state index is 0.